The van der Waals surface area contributed by atoms with Crippen molar-refractivity contribution in [2.75, 3.05) is 0 Å². The SMILES string of the molecule is C/C(=N\NC(=O)C1CC1)c1c(-c2ccccc2)[nH]n(-c2ccc([N+](=O)[O-])cc2)c1=O. The molecule has 0 bridgehead atoms. The molecule has 3 aromatic rings. The van der Waals surface area contributed by atoms with Gasteiger partial charge in [-0.15, -0.1) is 0 Å². The van der Waals surface area contributed by atoms with Gasteiger partial charge >= 0.3 is 0 Å². The Bertz CT molecular complexity index is 1190. The molecule has 0 atom stereocenters. The van der Waals surface area contributed by atoms with Gasteiger partial charge in [-0.25, -0.2) is 10.1 Å². The molecular formula is C21H19N5O4. The lowest BCUT2D eigenvalue weighted by molar-refractivity contribution is -0.384. The van der Waals surface area contributed by atoms with E-state index in [1.54, 1.807) is 6.92 Å². The van der Waals surface area contributed by atoms with E-state index >= 15 is 0 Å². The van der Waals surface area contributed by atoms with Crippen molar-refractivity contribution in [1.82, 2.24) is 15.2 Å². The number of nitro benzene ring substituents is 1. The summed E-state index contributed by atoms with van der Waals surface area (Å²) in [5.74, 6) is -0.153. The lowest BCUT2D eigenvalue weighted by atomic mass is 10.1. The highest BCUT2D eigenvalue weighted by Gasteiger charge is 2.29. The zero-order chi connectivity index (χ0) is 21.3. The lowest BCUT2D eigenvalue weighted by Gasteiger charge is -2.03. The Morgan fingerprint density at radius 1 is 1.17 bits per heavy atom. The van der Waals surface area contributed by atoms with E-state index in [0.29, 0.717) is 22.7 Å². The van der Waals surface area contributed by atoms with Crippen LogP contribution in [0, 0.1) is 16.0 Å². The number of aromatic nitrogens is 2. The molecular weight excluding hydrogens is 386 g/mol. The standard InChI is InChI=1S/C21H19N5O4/c1-13(22-23-20(27)15-7-8-15)18-19(14-5-3-2-4-6-14)24-25(21(18)28)16-9-11-17(12-10-16)26(29)30/h2-6,9-12,15,24H,7-8H2,1H3,(H,23,27)/b22-13+. The van der Waals surface area contributed by atoms with Crippen LogP contribution in [0.15, 0.2) is 64.5 Å². The fourth-order valence-corrected chi connectivity index (χ4v) is 3.12. The Balaban J connectivity index is 1.79. The number of benzene rings is 2. The van der Waals surface area contributed by atoms with Crippen LogP contribution < -0.4 is 11.0 Å². The first-order chi connectivity index (χ1) is 14.5. The third-order valence-corrected chi connectivity index (χ3v) is 4.92. The summed E-state index contributed by atoms with van der Waals surface area (Å²) in [5, 5.41) is 18.1. The molecule has 152 valence electrons. The van der Waals surface area contributed by atoms with Crippen molar-refractivity contribution in [3.8, 4) is 16.9 Å². The fraction of sp³-hybridized carbons (Fsp3) is 0.190. The summed E-state index contributed by atoms with van der Waals surface area (Å²) in [4.78, 5) is 35.6. The molecule has 1 aliphatic rings. The van der Waals surface area contributed by atoms with Crippen molar-refractivity contribution in [3.63, 3.8) is 0 Å². The van der Waals surface area contributed by atoms with Gasteiger partial charge in [-0.05, 0) is 31.9 Å². The summed E-state index contributed by atoms with van der Waals surface area (Å²) in [7, 11) is 0. The average Bonchev–Trinajstić information content (AvgIpc) is 3.55. The minimum atomic E-state index is -0.499. The zero-order valence-corrected chi connectivity index (χ0v) is 16.2. The van der Waals surface area contributed by atoms with Gasteiger partial charge in [-0.3, -0.25) is 24.8 Å². The third kappa shape index (κ3) is 3.77. The number of H-pyrrole nitrogens is 1. The molecule has 0 spiro atoms. The quantitative estimate of drug-likeness (QED) is 0.372. The second-order valence-corrected chi connectivity index (χ2v) is 7.09. The van der Waals surface area contributed by atoms with Crippen LogP contribution in [0.2, 0.25) is 0 Å². The molecule has 1 saturated carbocycles. The molecule has 0 saturated heterocycles. The second-order valence-electron chi connectivity index (χ2n) is 7.09. The molecule has 9 heteroatoms. The maximum absolute atomic E-state index is 13.2. The highest BCUT2D eigenvalue weighted by Crippen LogP contribution is 2.28. The van der Waals surface area contributed by atoms with Gasteiger partial charge < -0.3 is 0 Å². The summed E-state index contributed by atoms with van der Waals surface area (Å²) < 4.78 is 1.31. The van der Waals surface area contributed by atoms with Gasteiger partial charge in [-0.2, -0.15) is 5.10 Å². The van der Waals surface area contributed by atoms with Gasteiger partial charge in [0.1, 0.15) is 0 Å². The number of nitro groups is 1. The predicted molar refractivity (Wildman–Crippen MR) is 112 cm³/mol. The number of hydrogen-bond acceptors (Lipinski definition) is 5. The maximum atomic E-state index is 13.2. The molecule has 2 aromatic carbocycles. The Hall–Kier alpha value is -4.01. The Morgan fingerprint density at radius 3 is 2.43 bits per heavy atom. The topological polar surface area (TPSA) is 122 Å². The van der Waals surface area contributed by atoms with Gasteiger partial charge in [0.15, 0.2) is 0 Å². The number of nitrogens with one attached hydrogen (secondary N) is 2. The smallest absolute Gasteiger partial charge is 0.281 e. The van der Waals surface area contributed by atoms with Crippen LogP contribution in [0.25, 0.3) is 16.9 Å². The average molecular weight is 405 g/mol. The Labute approximate surface area is 171 Å². The van der Waals surface area contributed by atoms with Gasteiger partial charge in [0.05, 0.1) is 27.6 Å². The minimum absolute atomic E-state index is 0.00173. The van der Waals surface area contributed by atoms with Crippen molar-refractivity contribution in [2.24, 2.45) is 11.0 Å². The first-order valence-corrected chi connectivity index (χ1v) is 9.45. The van der Waals surface area contributed by atoms with E-state index in [4.69, 9.17) is 0 Å². The molecule has 30 heavy (non-hydrogen) atoms. The number of hydrogen-bond donors (Lipinski definition) is 2. The minimum Gasteiger partial charge on any atom is -0.290 e. The Kier molecular flexibility index (Phi) is 5.01. The summed E-state index contributed by atoms with van der Waals surface area (Å²) in [5.41, 5.74) is 4.53. The molecule has 9 nitrogen and oxygen atoms in total. The summed E-state index contributed by atoms with van der Waals surface area (Å²) in [6.07, 6.45) is 1.71. The molecule has 4 rings (SSSR count). The molecule has 2 N–H and O–H groups in total. The van der Waals surface area contributed by atoms with Crippen LogP contribution in [-0.2, 0) is 4.79 Å². The number of aromatic amines is 1. The van der Waals surface area contributed by atoms with Gasteiger partial charge in [0.25, 0.3) is 11.2 Å². The summed E-state index contributed by atoms with van der Waals surface area (Å²) in [6, 6.07) is 14.9. The van der Waals surface area contributed by atoms with Crippen LogP contribution in [0.3, 0.4) is 0 Å². The van der Waals surface area contributed by atoms with Crippen LogP contribution >= 0.6 is 0 Å². The van der Waals surface area contributed by atoms with E-state index in [1.807, 2.05) is 30.3 Å². The molecule has 0 unspecified atom stereocenters. The number of amides is 1. The van der Waals surface area contributed by atoms with E-state index in [9.17, 15) is 19.7 Å². The van der Waals surface area contributed by atoms with Crippen LogP contribution in [0.4, 0.5) is 5.69 Å². The van der Waals surface area contributed by atoms with Crippen molar-refractivity contribution in [1.29, 1.82) is 0 Å². The van der Waals surface area contributed by atoms with Crippen LogP contribution in [0.1, 0.15) is 25.3 Å². The number of carbonyl (C=O) groups excluding carboxylic acids is 1. The molecule has 1 amide bonds. The van der Waals surface area contributed by atoms with E-state index in [2.05, 4.69) is 15.6 Å². The molecule has 1 fully saturated rings. The number of nitrogens with zero attached hydrogens (tertiary/aromatic N) is 3. The number of non-ortho nitro benzene ring substituents is 1. The van der Waals surface area contributed by atoms with E-state index in [1.165, 1.54) is 28.9 Å². The second kappa shape index (κ2) is 7.78. The van der Waals surface area contributed by atoms with Gasteiger partial charge in [0.2, 0.25) is 5.91 Å². The van der Waals surface area contributed by atoms with Crippen LogP contribution in [-0.4, -0.2) is 26.3 Å². The van der Waals surface area contributed by atoms with Gasteiger partial charge in [0, 0.05) is 23.6 Å². The monoisotopic (exact) mass is 405 g/mol. The van der Waals surface area contributed by atoms with E-state index in [0.717, 1.165) is 18.4 Å². The number of rotatable bonds is 6. The third-order valence-electron chi connectivity index (χ3n) is 4.92. The van der Waals surface area contributed by atoms with Gasteiger partial charge in [-0.1, -0.05) is 30.3 Å². The lowest BCUT2D eigenvalue weighted by Crippen LogP contribution is -2.24. The largest absolute Gasteiger partial charge is 0.290 e. The van der Waals surface area contributed by atoms with E-state index in [-0.39, 0.29) is 23.1 Å². The van der Waals surface area contributed by atoms with Crippen molar-refractivity contribution < 1.29 is 9.72 Å². The first-order valence-electron chi connectivity index (χ1n) is 9.45. The summed E-state index contributed by atoms with van der Waals surface area (Å²) >= 11 is 0. The summed E-state index contributed by atoms with van der Waals surface area (Å²) in [6.45, 7) is 1.66. The maximum Gasteiger partial charge on any atom is 0.281 e. The molecule has 1 aromatic heterocycles. The van der Waals surface area contributed by atoms with Crippen molar-refractivity contribution in [2.45, 2.75) is 19.8 Å². The highest BCUT2D eigenvalue weighted by atomic mass is 16.6. The molecule has 1 aliphatic carbocycles. The molecule has 0 radical (unpaired) electrons. The predicted octanol–water partition coefficient (Wildman–Crippen LogP) is 2.99. The number of carbonyl (C=O) groups is 1. The van der Waals surface area contributed by atoms with Crippen molar-refractivity contribution in [3.05, 3.63) is 80.6 Å². The Morgan fingerprint density at radius 2 is 1.83 bits per heavy atom. The molecule has 1 heterocycles. The van der Waals surface area contributed by atoms with Crippen LogP contribution in [0.5, 0.6) is 0 Å². The zero-order valence-electron chi connectivity index (χ0n) is 16.2. The normalized spacial score (nSPS) is 13.8. The van der Waals surface area contributed by atoms with E-state index < -0.39 is 4.92 Å². The first kappa shape index (κ1) is 19.3. The highest BCUT2D eigenvalue weighted by molar-refractivity contribution is 6.04. The molecule has 0 aliphatic heterocycles. The number of hydrazone groups is 1. The fourth-order valence-electron chi connectivity index (χ4n) is 3.12. The van der Waals surface area contributed by atoms with Crippen molar-refractivity contribution >= 4 is 17.3 Å².